The van der Waals surface area contributed by atoms with E-state index in [1.807, 2.05) is 25.1 Å². The third-order valence-electron chi connectivity index (χ3n) is 3.88. The van der Waals surface area contributed by atoms with Crippen LogP contribution in [0, 0.1) is 0 Å². The van der Waals surface area contributed by atoms with Crippen molar-refractivity contribution in [3.63, 3.8) is 0 Å². The molecular weight excluding hydrogens is 242 g/mol. The van der Waals surface area contributed by atoms with Gasteiger partial charge in [0.2, 0.25) is 0 Å². The first-order valence-electron chi connectivity index (χ1n) is 6.88. The van der Waals surface area contributed by atoms with Crippen LogP contribution in [0.15, 0.2) is 18.2 Å². The summed E-state index contributed by atoms with van der Waals surface area (Å²) < 4.78 is 11.2. The van der Waals surface area contributed by atoms with E-state index in [2.05, 4.69) is 5.32 Å². The van der Waals surface area contributed by atoms with E-state index in [1.54, 1.807) is 0 Å². The molecule has 1 fully saturated rings. The third-order valence-corrected chi connectivity index (χ3v) is 3.88. The molecule has 4 nitrogen and oxygen atoms in total. The van der Waals surface area contributed by atoms with Crippen LogP contribution in [-0.4, -0.2) is 31.1 Å². The lowest BCUT2D eigenvalue weighted by Gasteiger charge is -2.23. The van der Waals surface area contributed by atoms with Crippen molar-refractivity contribution in [1.82, 2.24) is 5.32 Å². The predicted octanol–water partition coefficient (Wildman–Crippen LogP) is 2.17. The van der Waals surface area contributed by atoms with Gasteiger partial charge in [-0.3, -0.25) is 4.79 Å². The van der Waals surface area contributed by atoms with Gasteiger partial charge < -0.3 is 14.8 Å². The highest BCUT2D eigenvalue weighted by Crippen LogP contribution is 2.32. The number of benzene rings is 1. The number of Topliss-reactive ketones (excluding diaryl/α,β-unsaturated/α-hetero) is 1. The predicted molar refractivity (Wildman–Crippen MR) is 72.0 cm³/mol. The smallest absolute Gasteiger partial charge is 0.182 e. The minimum atomic E-state index is -0.431. The lowest BCUT2D eigenvalue weighted by atomic mass is 9.90. The highest BCUT2D eigenvalue weighted by atomic mass is 16.5. The Hall–Kier alpha value is -1.55. The molecule has 0 aliphatic carbocycles. The molecule has 102 valence electrons. The number of nitrogens with one attached hydrogen (secondary N) is 1. The number of hydrogen-bond donors (Lipinski definition) is 1. The Balaban J connectivity index is 1.89. The van der Waals surface area contributed by atoms with Crippen molar-refractivity contribution in [2.24, 2.45) is 0 Å². The van der Waals surface area contributed by atoms with Gasteiger partial charge >= 0.3 is 0 Å². The molecule has 0 saturated carbocycles. The molecule has 3 rings (SSSR count). The minimum Gasteiger partial charge on any atom is -0.490 e. The monoisotopic (exact) mass is 261 g/mol. The number of hydrogen-bond acceptors (Lipinski definition) is 4. The van der Waals surface area contributed by atoms with E-state index in [1.165, 1.54) is 0 Å². The van der Waals surface area contributed by atoms with Crippen LogP contribution in [0.4, 0.5) is 0 Å². The molecule has 0 bridgehead atoms. The van der Waals surface area contributed by atoms with Gasteiger partial charge in [0.25, 0.3) is 0 Å². The lowest BCUT2D eigenvalue weighted by molar-refractivity contribution is 0.0884. The van der Waals surface area contributed by atoms with Crippen molar-refractivity contribution in [3.05, 3.63) is 23.8 Å². The van der Waals surface area contributed by atoms with Gasteiger partial charge in [0.05, 0.1) is 18.8 Å². The molecule has 0 amide bonds. The van der Waals surface area contributed by atoms with E-state index in [9.17, 15) is 4.79 Å². The maximum absolute atomic E-state index is 12.6. The number of fused-ring (bicyclic) bond motifs is 1. The van der Waals surface area contributed by atoms with Crippen LogP contribution in [0.3, 0.4) is 0 Å². The van der Waals surface area contributed by atoms with Crippen molar-refractivity contribution in [2.75, 3.05) is 19.8 Å². The summed E-state index contributed by atoms with van der Waals surface area (Å²) >= 11 is 0. The van der Waals surface area contributed by atoms with E-state index in [-0.39, 0.29) is 5.78 Å². The van der Waals surface area contributed by atoms with Crippen LogP contribution in [0.5, 0.6) is 11.5 Å². The molecule has 2 aliphatic rings. The minimum absolute atomic E-state index is 0.139. The van der Waals surface area contributed by atoms with Gasteiger partial charge in [0, 0.05) is 12.0 Å². The molecule has 2 aliphatic heterocycles. The van der Waals surface area contributed by atoms with E-state index >= 15 is 0 Å². The van der Waals surface area contributed by atoms with Crippen LogP contribution >= 0.6 is 0 Å². The molecule has 1 N–H and O–H groups in total. The van der Waals surface area contributed by atoms with Gasteiger partial charge in [0.15, 0.2) is 17.3 Å². The maximum Gasteiger partial charge on any atom is 0.182 e. The summed E-state index contributed by atoms with van der Waals surface area (Å²) in [5, 5.41) is 3.30. The SMILES string of the molecule is CC1(C(=O)c2ccc3c(c2)OCCCO3)CCCN1. The van der Waals surface area contributed by atoms with E-state index in [0.29, 0.717) is 24.5 Å². The molecule has 0 spiro atoms. The van der Waals surface area contributed by atoms with Crippen LogP contribution in [-0.2, 0) is 0 Å². The second-order valence-electron chi connectivity index (χ2n) is 5.40. The summed E-state index contributed by atoms with van der Waals surface area (Å²) in [6.45, 7) is 4.19. The van der Waals surface area contributed by atoms with Crippen LogP contribution in [0.1, 0.15) is 36.5 Å². The van der Waals surface area contributed by atoms with Gasteiger partial charge in [-0.25, -0.2) is 0 Å². The van der Waals surface area contributed by atoms with Gasteiger partial charge in [-0.1, -0.05) is 0 Å². The first-order chi connectivity index (χ1) is 9.19. The molecule has 2 heterocycles. The zero-order valence-electron chi connectivity index (χ0n) is 11.2. The summed E-state index contributed by atoms with van der Waals surface area (Å²) in [4.78, 5) is 12.6. The maximum atomic E-state index is 12.6. The quantitative estimate of drug-likeness (QED) is 0.829. The Kier molecular flexibility index (Phi) is 3.19. The first-order valence-corrected chi connectivity index (χ1v) is 6.88. The van der Waals surface area contributed by atoms with Crippen molar-refractivity contribution >= 4 is 5.78 Å². The number of ketones is 1. The molecule has 1 aromatic carbocycles. The van der Waals surface area contributed by atoms with E-state index in [4.69, 9.17) is 9.47 Å². The largest absolute Gasteiger partial charge is 0.490 e. The molecular formula is C15H19NO3. The van der Waals surface area contributed by atoms with Gasteiger partial charge in [0.1, 0.15) is 0 Å². The van der Waals surface area contributed by atoms with E-state index < -0.39 is 5.54 Å². The average molecular weight is 261 g/mol. The Bertz CT molecular complexity index is 492. The van der Waals surface area contributed by atoms with Crippen molar-refractivity contribution < 1.29 is 14.3 Å². The molecule has 0 radical (unpaired) electrons. The second-order valence-corrected chi connectivity index (χ2v) is 5.40. The standard InChI is InChI=1S/C15H19NO3/c1-15(6-2-7-16-15)14(17)11-4-5-12-13(10-11)19-9-3-8-18-12/h4-5,10,16H,2-3,6-9H2,1H3. The third kappa shape index (κ3) is 2.32. The fraction of sp³-hybridized carbons (Fsp3) is 0.533. The summed E-state index contributed by atoms with van der Waals surface area (Å²) in [5.41, 5.74) is 0.265. The average Bonchev–Trinajstić information content (AvgIpc) is 2.74. The number of ether oxygens (including phenoxy) is 2. The molecule has 1 saturated heterocycles. The van der Waals surface area contributed by atoms with Gasteiger partial charge in [-0.2, -0.15) is 0 Å². The molecule has 0 aromatic heterocycles. The molecule has 1 aromatic rings. The van der Waals surface area contributed by atoms with Crippen LogP contribution < -0.4 is 14.8 Å². The summed E-state index contributed by atoms with van der Waals surface area (Å²) in [5.74, 6) is 1.56. The fourth-order valence-corrected chi connectivity index (χ4v) is 2.71. The van der Waals surface area contributed by atoms with Gasteiger partial charge in [-0.15, -0.1) is 0 Å². The van der Waals surface area contributed by atoms with Crippen molar-refractivity contribution in [2.45, 2.75) is 31.7 Å². The Labute approximate surface area is 113 Å². The highest BCUT2D eigenvalue weighted by molar-refractivity contribution is 6.03. The molecule has 1 atom stereocenters. The number of carbonyl (C=O) groups excluding carboxylic acids is 1. The Morgan fingerprint density at radius 2 is 2.00 bits per heavy atom. The molecule has 19 heavy (non-hydrogen) atoms. The summed E-state index contributed by atoms with van der Waals surface area (Å²) in [6, 6.07) is 5.49. The number of carbonyl (C=O) groups is 1. The Morgan fingerprint density at radius 1 is 1.21 bits per heavy atom. The molecule has 4 heteroatoms. The lowest BCUT2D eigenvalue weighted by Crippen LogP contribution is -2.44. The number of rotatable bonds is 2. The fourth-order valence-electron chi connectivity index (χ4n) is 2.71. The van der Waals surface area contributed by atoms with Crippen molar-refractivity contribution in [3.8, 4) is 11.5 Å². The zero-order chi connectivity index (χ0) is 13.3. The van der Waals surface area contributed by atoms with Crippen LogP contribution in [0.25, 0.3) is 0 Å². The molecule has 1 unspecified atom stereocenters. The first kappa shape index (κ1) is 12.5. The van der Waals surface area contributed by atoms with E-state index in [0.717, 1.165) is 31.6 Å². The second kappa shape index (κ2) is 4.85. The Morgan fingerprint density at radius 3 is 2.74 bits per heavy atom. The normalized spacial score (nSPS) is 25.9. The van der Waals surface area contributed by atoms with Crippen LogP contribution in [0.2, 0.25) is 0 Å². The summed E-state index contributed by atoms with van der Waals surface area (Å²) in [7, 11) is 0. The zero-order valence-corrected chi connectivity index (χ0v) is 11.2. The summed E-state index contributed by atoms with van der Waals surface area (Å²) in [6.07, 6.45) is 2.81. The topological polar surface area (TPSA) is 47.6 Å². The van der Waals surface area contributed by atoms with Gasteiger partial charge in [-0.05, 0) is 44.5 Å². The highest BCUT2D eigenvalue weighted by Gasteiger charge is 2.36. The van der Waals surface area contributed by atoms with Crippen molar-refractivity contribution in [1.29, 1.82) is 0 Å².